The summed E-state index contributed by atoms with van der Waals surface area (Å²) in [5.41, 5.74) is -0.713. The molecule has 2 heterocycles. The molecule has 0 radical (unpaired) electrons. The number of aliphatic hydroxyl groups is 1. The van der Waals surface area contributed by atoms with E-state index in [9.17, 15) is 5.11 Å². The third-order valence-electron chi connectivity index (χ3n) is 3.62. The van der Waals surface area contributed by atoms with Gasteiger partial charge >= 0.3 is 0 Å². The SMILES string of the molecule is CC(C)N1CCCC(O)(c2sccc2Cl)CC1. The molecule has 1 N–H and O–H groups in total. The molecule has 0 saturated carbocycles. The van der Waals surface area contributed by atoms with Crippen molar-refractivity contribution >= 4 is 22.9 Å². The minimum Gasteiger partial charge on any atom is -0.384 e. The summed E-state index contributed by atoms with van der Waals surface area (Å²) < 4.78 is 0. The van der Waals surface area contributed by atoms with Crippen LogP contribution >= 0.6 is 22.9 Å². The minimum absolute atomic E-state index is 0.552. The van der Waals surface area contributed by atoms with Crippen molar-refractivity contribution in [2.75, 3.05) is 13.1 Å². The highest BCUT2D eigenvalue weighted by Crippen LogP contribution is 2.40. The van der Waals surface area contributed by atoms with Gasteiger partial charge in [0.1, 0.15) is 5.60 Å². The Morgan fingerprint density at radius 2 is 2.18 bits per heavy atom. The third kappa shape index (κ3) is 2.84. The number of hydrogen-bond acceptors (Lipinski definition) is 3. The summed E-state index contributed by atoms with van der Waals surface area (Å²) in [5.74, 6) is 0. The summed E-state index contributed by atoms with van der Waals surface area (Å²) in [5, 5.41) is 13.5. The smallest absolute Gasteiger partial charge is 0.101 e. The summed E-state index contributed by atoms with van der Waals surface area (Å²) in [6.07, 6.45) is 2.63. The average molecular weight is 274 g/mol. The Hall–Kier alpha value is -0.0900. The van der Waals surface area contributed by atoms with E-state index in [2.05, 4.69) is 18.7 Å². The molecule has 1 saturated heterocycles. The summed E-state index contributed by atoms with van der Waals surface area (Å²) in [4.78, 5) is 3.38. The van der Waals surface area contributed by atoms with Crippen molar-refractivity contribution in [3.8, 4) is 0 Å². The van der Waals surface area contributed by atoms with Gasteiger partial charge in [-0.05, 0) is 51.1 Å². The van der Waals surface area contributed by atoms with Crippen LogP contribution in [0.4, 0.5) is 0 Å². The maximum Gasteiger partial charge on any atom is 0.101 e. The molecule has 2 rings (SSSR count). The highest BCUT2D eigenvalue weighted by molar-refractivity contribution is 7.10. The number of nitrogens with zero attached hydrogens (tertiary/aromatic N) is 1. The lowest BCUT2D eigenvalue weighted by atomic mass is 9.93. The van der Waals surface area contributed by atoms with Crippen molar-refractivity contribution in [2.45, 2.75) is 44.8 Å². The van der Waals surface area contributed by atoms with Crippen molar-refractivity contribution < 1.29 is 5.11 Å². The van der Waals surface area contributed by atoms with Gasteiger partial charge in [0.2, 0.25) is 0 Å². The van der Waals surface area contributed by atoms with Crippen molar-refractivity contribution in [1.82, 2.24) is 4.90 Å². The van der Waals surface area contributed by atoms with E-state index in [1.807, 2.05) is 11.4 Å². The van der Waals surface area contributed by atoms with Crippen LogP contribution in [-0.4, -0.2) is 29.1 Å². The molecule has 2 nitrogen and oxygen atoms in total. The molecule has 4 heteroatoms. The molecule has 0 aromatic carbocycles. The van der Waals surface area contributed by atoms with Crippen LogP contribution in [0.5, 0.6) is 0 Å². The fourth-order valence-corrected chi connectivity index (χ4v) is 3.90. The topological polar surface area (TPSA) is 23.5 Å². The summed E-state index contributed by atoms with van der Waals surface area (Å²) in [7, 11) is 0. The largest absolute Gasteiger partial charge is 0.384 e. The van der Waals surface area contributed by atoms with E-state index in [1.165, 1.54) is 0 Å². The maximum atomic E-state index is 10.8. The maximum absolute atomic E-state index is 10.8. The van der Waals surface area contributed by atoms with Gasteiger partial charge < -0.3 is 10.0 Å². The van der Waals surface area contributed by atoms with Crippen molar-refractivity contribution in [3.63, 3.8) is 0 Å². The first-order valence-electron chi connectivity index (χ1n) is 6.23. The van der Waals surface area contributed by atoms with E-state index in [0.717, 1.165) is 42.3 Å². The van der Waals surface area contributed by atoms with E-state index in [4.69, 9.17) is 11.6 Å². The van der Waals surface area contributed by atoms with Crippen molar-refractivity contribution in [3.05, 3.63) is 21.3 Å². The Morgan fingerprint density at radius 1 is 1.41 bits per heavy atom. The van der Waals surface area contributed by atoms with Crippen LogP contribution in [-0.2, 0) is 5.60 Å². The molecule has 96 valence electrons. The molecule has 1 fully saturated rings. The van der Waals surface area contributed by atoms with Crippen LogP contribution in [0.2, 0.25) is 5.02 Å². The van der Waals surface area contributed by atoms with Crippen LogP contribution in [0, 0.1) is 0 Å². The highest BCUT2D eigenvalue weighted by Gasteiger charge is 2.35. The van der Waals surface area contributed by atoms with Crippen LogP contribution in [0.3, 0.4) is 0 Å². The number of hydrogen-bond donors (Lipinski definition) is 1. The molecule has 0 amide bonds. The van der Waals surface area contributed by atoms with Gasteiger partial charge in [-0.15, -0.1) is 11.3 Å². The quantitative estimate of drug-likeness (QED) is 0.892. The number of thiophene rings is 1. The molecule has 1 aliphatic heterocycles. The standard InChI is InChI=1S/C13H20ClNOS/c1-10(2)15-7-3-5-13(16,6-8-15)12-11(14)4-9-17-12/h4,9-10,16H,3,5-8H2,1-2H3. The van der Waals surface area contributed by atoms with E-state index >= 15 is 0 Å². The molecular weight excluding hydrogens is 254 g/mol. The number of rotatable bonds is 2. The molecule has 1 aromatic rings. The monoisotopic (exact) mass is 273 g/mol. The van der Waals surface area contributed by atoms with E-state index in [0.29, 0.717) is 6.04 Å². The van der Waals surface area contributed by atoms with Crippen molar-refractivity contribution in [1.29, 1.82) is 0 Å². The van der Waals surface area contributed by atoms with Crippen LogP contribution in [0.15, 0.2) is 11.4 Å². The molecule has 17 heavy (non-hydrogen) atoms. The normalized spacial score (nSPS) is 27.4. The average Bonchev–Trinajstić information content (AvgIpc) is 2.59. The van der Waals surface area contributed by atoms with Gasteiger partial charge in [-0.3, -0.25) is 0 Å². The fraction of sp³-hybridized carbons (Fsp3) is 0.692. The Balaban J connectivity index is 2.15. The number of halogens is 1. The Labute approximate surface area is 112 Å². The lowest BCUT2D eigenvalue weighted by Gasteiger charge is -2.27. The molecule has 0 aliphatic carbocycles. The predicted octanol–water partition coefficient (Wildman–Crippen LogP) is 3.48. The molecule has 1 aliphatic rings. The van der Waals surface area contributed by atoms with Gasteiger partial charge in [0.25, 0.3) is 0 Å². The lowest BCUT2D eigenvalue weighted by Crippen LogP contribution is -2.33. The summed E-state index contributed by atoms with van der Waals surface area (Å²) in [6.45, 7) is 6.44. The zero-order valence-electron chi connectivity index (χ0n) is 10.4. The molecule has 1 unspecified atom stereocenters. The van der Waals surface area contributed by atoms with Gasteiger partial charge in [-0.1, -0.05) is 11.6 Å². The van der Waals surface area contributed by atoms with Gasteiger partial charge in [0, 0.05) is 12.6 Å². The van der Waals surface area contributed by atoms with Gasteiger partial charge in [0.15, 0.2) is 0 Å². The van der Waals surface area contributed by atoms with E-state index < -0.39 is 5.60 Å². The molecule has 0 bridgehead atoms. The third-order valence-corrected chi connectivity index (χ3v) is 5.15. The number of likely N-dealkylation sites (tertiary alicyclic amines) is 1. The lowest BCUT2D eigenvalue weighted by molar-refractivity contribution is 0.0241. The first-order chi connectivity index (χ1) is 8.03. The Kier molecular flexibility index (Phi) is 4.14. The van der Waals surface area contributed by atoms with Crippen LogP contribution in [0.25, 0.3) is 0 Å². The highest BCUT2D eigenvalue weighted by atomic mass is 35.5. The summed E-state index contributed by atoms with van der Waals surface area (Å²) in [6, 6.07) is 2.43. The Bertz CT molecular complexity index is 379. The second-order valence-electron chi connectivity index (χ2n) is 5.11. The molecule has 1 aromatic heterocycles. The van der Waals surface area contributed by atoms with E-state index in [1.54, 1.807) is 11.3 Å². The van der Waals surface area contributed by atoms with Gasteiger partial charge in [-0.2, -0.15) is 0 Å². The molecule has 1 atom stereocenters. The predicted molar refractivity (Wildman–Crippen MR) is 73.8 cm³/mol. The second kappa shape index (κ2) is 5.27. The molecular formula is C13H20ClNOS. The molecule has 0 spiro atoms. The Morgan fingerprint density at radius 3 is 2.76 bits per heavy atom. The van der Waals surface area contributed by atoms with Crippen LogP contribution in [0.1, 0.15) is 38.0 Å². The minimum atomic E-state index is -0.713. The van der Waals surface area contributed by atoms with Crippen LogP contribution < -0.4 is 0 Å². The summed E-state index contributed by atoms with van der Waals surface area (Å²) >= 11 is 7.73. The first kappa shape index (κ1) is 13.3. The zero-order valence-corrected chi connectivity index (χ0v) is 12.0. The zero-order chi connectivity index (χ0) is 12.5. The van der Waals surface area contributed by atoms with Gasteiger partial charge in [0.05, 0.1) is 9.90 Å². The first-order valence-corrected chi connectivity index (χ1v) is 7.48. The fourth-order valence-electron chi connectivity index (χ4n) is 2.51. The van der Waals surface area contributed by atoms with E-state index in [-0.39, 0.29) is 0 Å². The van der Waals surface area contributed by atoms with Gasteiger partial charge in [-0.25, -0.2) is 0 Å². The second-order valence-corrected chi connectivity index (χ2v) is 6.44. The van der Waals surface area contributed by atoms with Crippen molar-refractivity contribution in [2.24, 2.45) is 0 Å².